The molecule has 0 saturated carbocycles. The Bertz CT molecular complexity index is 4000. The molecule has 0 N–H and O–H groups in total. The van der Waals surface area contributed by atoms with Crippen LogP contribution in [0.5, 0.6) is 0 Å². The molecule has 0 amide bonds. The van der Waals surface area contributed by atoms with Crippen LogP contribution in [0.4, 0.5) is 17.1 Å². The SMILES string of the molecule is c1ccc(-c2ccccc2-c2c(-c3ccccc3)cccc2N(c2ccc(-c3ccc(-c4ccc5ccccc5c4)cc3)cc2)c2ccc(-c3ccccc3-n3c4ccccc4c4ccccc43)cc2)cc1. The van der Waals surface area contributed by atoms with Crippen molar-refractivity contribution in [3.63, 3.8) is 0 Å². The molecule has 2 heteroatoms. The van der Waals surface area contributed by atoms with Crippen LogP contribution in [0.1, 0.15) is 0 Å². The number of hydrogen-bond donors (Lipinski definition) is 0. The van der Waals surface area contributed by atoms with Gasteiger partial charge in [-0.15, -0.1) is 0 Å². The second-order valence-corrected chi connectivity index (χ2v) is 18.4. The Hall–Kier alpha value is -9.50. The van der Waals surface area contributed by atoms with Gasteiger partial charge in [-0.1, -0.05) is 237 Å². The highest BCUT2D eigenvalue weighted by Gasteiger charge is 2.23. The van der Waals surface area contributed by atoms with E-state index in [4.69, 9.17) is 0 Å². The normalized spacial score (nSPS) is 11.3. The van der Waals surface area contributed by atoms with Crippen molar-refractivity contribution in [3.8, 4) is 72.4 Å². The molecule has 13 aromatic rings. The van der Waals surface area contributed by atoms with Gasteiger partial charge in [0.2, 0.25) is 0 Å². The van der Waals surface area contributed by atoms with Crippen LogP contribution in [0.2, 0.25) is 0 Å². The molecule has 0 bridgehead atoms. The first-order valence-corrected chi connectivity index (χ1v) is 24.7. The van der Waals surface area contributed by atoms with Gasteiger partial charge in [-0.05, 0) is 121 Å². The van der Waals surface area contributed by atoms with E-state index in [9.17, 15) is 0 Å². The molecule has 0 saturated heterocycles. The van der Waals surface area contributed by atoms with Crippen molar-refractivity contribution in [2.45, 2.75) is 0 Å². The van der Waals surface area contributed by atoms with Crippen LogP contribution < -0.4 is 4.90 Å². The number of nitrogens with zero attached hydrogens (tertiary/aromatic N) is 2. The van der Waals surface area contributed by atoms with Gasteiger partial charge in [0.25, 0.3) is 0 Å². The number of anilines is 3. The molecule has 1 aromatic heterocycles. The van der Waals surface area contributed by atoms with E-state index in [-0.39, 0.29) is 0 Å². The highest BCUT2D eigenvalue weighted by Crippen LogP contribution is 2.49. The fourth-order valence-corrected chi connectivity index (χ4v) is 10.8. The second-order valence-electron chi connectivity index (χ2n) is 18.4. The minimum atomic E-state index is 1.06. The lowest BCUT2D eigenvalue weighted by Crippen LogP contribution is -2.12. The molecule has 2 nitrogen and oxygen atoms in total. The predicted octanol–water partition coefficient (Wildman–Crippen LogP) is 19.4. The van der Waals surface area contributed by atoms with Crippen LogP contribution in [0, 0.1) is 0 Å². The first kappa shape index (κ1) is 42.6. The maximum Gasteiger partial charge on any atom is 0.0546 e. The van der Waals surface area contributed by atoms with Crippen LogP contribution in [0.25, 0.3) is 105 Å². The van der Waals surface area contributed by atoms with Gasteiger partial charge in [0, 0.05) is 33.3 Å². The van der Waals surface area contributed by atoms with Gasteiger partial charge < -0.3 is 9.47 Å². The highest BCUT2D eigenvalue weighted by atomic mass is 15.1. The molecule has 0 aliphatic carbocycles. The number of rotatable bonds is 10. The van der Waals surface area contributed by atoms with Crippen LogP contribution in [-0.4, -0.2) is 4.57 Å². The van der Waals surface area contributed by atoms with Gasteiger partial charge >= 0.3 is 0 Å². The zero-order valence-corrected chi connectivity index (χ0v) is 39.6. The Labute approximate surface area is 420 Å². The van der Waals surface area contributed by atoms with Crippen LogP contribution in [0.15, 0.2) is 291 Å². The zero-order chi connectivity index (χ0) is 47.8. The van der Waals surface area contributed by atoms with Crippen molar-refractivity contribution in [1.82, 2.24) is 4.57 Å². The van der Waals surface area contributed by atoms with E-state index in [0.717, 1.165) is 45.0 Å². The summed E-state index contributed by atoms with van der Waals surface area (Å²) in [5, 5.41) is 5.00. The van der Waals surface area contributed by atoms with E-state index in [2.05, 4.69) is 301 Å². The summed E-state index contributed by atoms with van der Waals surface area (Å²) in [5.74, 6) is 0. The zero-order valence-electron chi connectivity index (χ0n) is 39.6. The highest BCUT2D eigenvalue weighted by molar-refractivity contribution is 6.10. The van der Waals surface area contributed by atoms with E-state index >= 15 is 0 Å². The van der Waals surface area contributed by atoms with Crippen molar-refractivity contribution in [3.05, 3.63) is 291 Å². The Morgan fingerprint density at radius 1 is 0.250 bits per heavy atom. The van der Waals surface area contributed by atoms with Crippen LogP contribution in [0.3, 0.4) is 0 Å². The lowest BCUT2D eigenvalue weighted by Gasteiger charge is -2.30. The maximum absolute atomic E-state index is 2.44. The topological polar surface area (TPSA) is 8.17 Å². The molecule has 12 aromatic carbocycles. The molecule has 13 rings (SSSR count). The third-order valence-corrected chi connectivity index (χ3v) is 14.2. The van der Waals surface area contributed by atoms with E-state index in [1.54, 1.807) is 0 Å². The number of benzene rings is 12. The summed E-state index contributed by atoms with van der Waals surface area (Å²) in [6.07, 6.45) is 0. The van der Waals surface area contributed by atoms with E-state index < -0.39 is 0 Å². The molecule has 0 fully saturated rings. The van der Waals surface area contributed by atoms with Gasteiger partial charge in [-0.2, -0.15) is 0 Å². The minimum absolute atomic E-state index is 1.06. The predicted molar refractivity (Wildman–Crippen MR) is 306 cm³/mol. The fourth-order valence-electron chi connectivity index (χ4n) is 10.8. The Balaban J connectivity index is 0.958. The summed E-state index contributed by atoms with van der Waals surface area (Å²) in [6.45, 7) is 0. The van der Waals surface area contributed by atoms with Crippen molar-refractivity contribution >= 4 is 49.6 Å². The van der Waals surface area contributed by atoms with Crippen molar-refractivity contribution < 1.29 is 0 Å². The first-order valence-electron chi connectivity index (χ1n) is 24.7. The van der Waals surface area contributed by atoms with Gasteiger partial charge in [-0.3, -0.25) is 0 Å². The summed E-state index contributed by atoms with van der Waals surface area (Å²) >= 11 is 0. The molecule has 0 aliphatic rings. The number of para-hydroxylation sites is 3. The molecular weight excluding hydrogens is 869 g/mol. The number of hydrogen-bond acceptors (Lipinski definition) is 1. The number of fused-ring (bicyclic) bond motifs is 4. The largest absolute Gasteiger partial charge is 0.310 e. The monoisotopic (exact) mass is 916 g/mol. The molecule has 0 aliphatic heterocycles. The number of aromatic nitrogens is 1. The molecule has 338 valence electrons. The van der Waals surface area contributed by atoms with Gasteiger partial charge in [-0.25, -0.2) is 0 Å². The Kier molecular flexibility index (Phi) is 10.9. The average molecular weight is 917 g/mol. The molecular formula is C70H48N2. The van der Waals surface area contributed by atoms with Crippen LogP contribution in [-0.2, 0) is 0 Å². The van der Waals surface area contributed by atoms with Crippen molar-refractivity contribution in [1.29, 1.82) is 0 Å². The molecule has 0 spiro atoms. The van der Waals surface area contributed by atoms with E-state index in [1.165, 1.54) is 77.1 Å². The van der Waals surface area contributed by atoms with Crippen molar-refractivity contribution in [2.24, 2.45) is 0 Å². The molecule has 0 atom stereocenters. The Morgan fingerprint density at radius 2 is 0.681 bits per heavy atom. The lowest BCUT2D eigenvalue weighted by atomic mass is 9.87. The third-order valence-electron chi connectivity index (χ3n) is 14.2. The quantitative estimate of drug-likeness (QED) is 0.133. The van der Waals surface area contributed by atoms with Crippen molar-refractivity contribution in [2.75, 3.05) is 4.90 Å². The standard InChI is InChI=1S/C70H48N2/c1-3-19-53(20-4-1)60-24-9-10-28-65(60)70-62(54-21-5-2-6-22-54)29-17-33-69(70)71(58-44-40-51(41-45-58)50-34-36-52(37-35-50)57-39-38-49-18-7-8-23-56(49)48-57)59-46-42-55(43-47-59)61-25-11-14-30-66(61)72-67-31-15-12-26-63(67)64-27-13-16-32-68(64)72/h1-48H. The smallest absolute Gasteiger partial charge is 0.0546 e. The van der Waals surface area contributed by atoms with Gasteiger partial charge in [0.15, 0.2) is 0 Å². The molecule has 1 heterocycles. The van der Waals surface area contributed by atoms with Gasteiger partial charge in [0.1, 0.15) is 0 Å². The van der Waals surface area contributed by atoms with Crippen LogP contribution >= 0.6 is 0 Å². The van der Waals surface area contributed by atoms with E-state index in [0.29, 0.717) is 0 Å². The summed E-state index contributed by atoms with van der Waals surface area (Å²) in [7, 11) is 0. The van der Waals surface area contributed by atoms with E-state index in [1.807, 2.05) is 0 Å². The maximum atomic E-state index is 2.44. The third kappa shape index (κ3) is 7.73. The average Bonchev–Trinajstić information content (AvgIpc) is 3.80. The molecule has 0 unspecified atom stereocenters. The summed E-state index contributed by atoms with van der Waals surface area (Å²) in [4.78, 5) is 2.44. The lowest BCUT2D eigenvalue weighted by molar-refractivity contribution is 1.18. The fraction of sp³-hybridized carbons (Fsp3) is 0. The first-order chi connectivity index (χ1) is 35.7. The Morgan fingerprint density at radius 3 is 1.32 bits per heavy atom. The summed E-state index contributed by atoms with van der Waals surface area (Å²) in [5.41, 5.74) is 20.8. The molecule has 0 radical (unpaired) electrons. The molecule has 72 heavy (non-hydrogen) atoms. The van der Waals surface area contributed by atoms with Gasteiger partial charge in [0.05, 0.1) is 22.4 Å². The minimum Gasteiger partial charge on any atom is -0.310 e. The summed E-state index contributed by atoms with van der Waals surface area (Å²) < 4.78 is 2.42. The second kappa shape index (κ2) is 18.4. The summed E-state index contributed by atoms with van der Waals surface area (Å²) in [6, 6.07) is 106.